The van der Waals surface area contributed by atoms with Gasteiger partial charge in [-0.15, -0.1) is 0 Å². The molecule has 0 saturated carbocycles. The van der Waals surface area contributed by atoms with Crippen molar-refractivity contribution in [1.29, 1.82) is 0 Å². The monoisotopic (exact) mass is 469 g/mol. The molecule has 2 aliphatic heterocycles. The predicted octanol–water partition coefficient (Wildman–Crippen LogP) is 4.70. The van der Waals surface area contributed by atoms with Gasteiger partial charge in [0.25, 0.3) is 5.91 Å². The summed E-state index contributed by atoms with van der Waals surface area (Å²) in [6, 6.07) is 13.3. The number of benzene rings is 2. The van der Waals surface area contributed by atoms with Crippen LogP contribution in [0.15, 0.2) is 60.8 Å². The number of hydrogen-bond acceptors (Lipinski definition) is 5. The molecule has 9 heteroatoms. The molecule has 176 valence electrons. The summed E-state index contributed by atoms with van der Waals surface area (Å²) in [5, 5.41) is 0. The van der Waals surface area contributed by atoms with E-state index in [2.05, 4.69) is 9.97 Å². The van der Waals surface area contributed by atoms with E-state index in [-0.39, 0.29) is 29.3 Å². The lowest BCUT2D eigenvalue weighted by atomic mass is 9.85. The number of carbonyl (C=O) groups is 1. The van der Waals surface area contributed by atoms with Gasteiger partial charge >= 0.3 is 6.18 Å². The van der Waals surface area contributed by atoms with Crippen LogP contribution in [-0.4, -0.2) is 40.5 Å². The first-order valence-corrected chi connectivity index (χ1v) is 10.9. The smallest absolute Gasteiger partial charge is 0.416 e. The molecule has 1 fully saturated rings. The molecule has 1 saturated heterocycles. The van der Waals surface area contributed by atoms with Gasteiger partial charge in [-0.1, -0.05) is 18.2 Å². The summed E-state index contributed by atoms with van der Waals surface area (Å²) in [6.07, 6.45) is -2.84. The second-order valence-corrected chi connectivity index (χ2v) is 8.50. The molecule has 34 heavy (non-hydrogen) atoms. The van der Waals surface area contributed by atoms with Gasteiger partial charge in [0.2, 0.25) is 5.88 Å². The van der Waals surface area contributed by atoms with E-state index in [0.29, 0.717) is 37.2 Å². The molecule has 3 atom stereocenters. The molecule has 5 rings (SSSR count). The number of para-hydroxylation sites is 1. The SMILES string of the molecule is Cc1nccc(OC[C@@H]2CN(C(=O)c3ccc(C(F)(F)F)cc3)[C@H]3c4ccccc4OC[C@@H]23)n1. The highest BCUT2D eigenvalue weighted by Crippen LogP contribution is 2.48. The molecule has 3 heterocycles. The molecule has 3 aromatic rings. The zero-order chi connectivity index (χ0) is 23.9. The Kier molecular flexibility index (Phi) is 5.63. The van der Waals surface area contributed by atoms with Crippen LogP contribution in [0.2, 0.25) is 0 Å². The molecule has 0 radical (unpaired) electrons. The predicted molar refractivity (Wildman–Crippen MR) is 116 cm³/mol. The van der Waals surface area contributed by atoms with Crippen molar-refractivity contribution in [3.63, 3.8) is 0 Å². The average molecular weight is 469 g/mol. The first kappa shape index (κ1) is 22.2. The fourth-order valence-corrected chi connectivity index (χ4v) is 4.72. The summed E-state index contributed by atoms with van der Waals surface area (Å²) >= 11 is 0. The Labute approximate surface area is 194 Å². The third kappa shape index (κ3) is 4.18. The Bertz CT molecular complexity index is 1200. The number of halogens is 3. The number of alkyl halides is 3. The number of amides is 1. The van der Waals surface area contributed by atoms with E-state index >= 15 is 0 Å². The van der Waals surface area contributed by atoms with Gasteiger partial charge in [0.1, 0.15) is 11.6 Å². The molecule has 0 N–H and O–H groups in total. The lowest BCUT2D eigenvalue weighted by Gasteiger charge is -2.34. The van der Waals surface area contributed by atoms with Gasteiger partial charge < -0.3 is 14.4 Å². The van der Waals surface area contributed by atoms with E-state index < -0.39 is 11.7 Å². The van der Waals surface area contributed by atoms with Crippen molar-refractivity contribution in [2.24, 2.45) is 11.8 Å². The van der Waals surface area contributed by atoms with Crippen LogP contribution in [0.4, 0.5) is 13.2 Å². The number of fused-ring (bicyclic) bond motifs is 3. The lowest BCUT2D eigenvalue weighted by Crippen LogP contribution is -2.35. The second kappa shape index (κ2) is 8.62. The number of likely N-dealkylation sites (tertiary alicyclic amines) is 1. The van der Waals surface area contributed by atoms with Gasteiger partial charge in [-0.2, -0.15) is 18.2 Å². The summed E-state index contributed by atoms with van der Waals surface area (Å²) in [4.78, 5) is 23.5. The molecule has 0 spiro atoms. The van der Waals surface area contributed by atoms with Crippen molar-refractivity contribution in [3.8, 4) is 11.6 Å². The van der Waals surface area contributed by atoms with Crippen LogP contribution in [0.25, 0.3) is 0 Å². The van der Waals surface area contributed by atoms with E-state index in [9.17, 15) is 18.0 Å². The molecule has 2 aliphatic rings. The second-order valence-electron chi connectivity index (χ2n) is 8.50. The van der Waals surface area contributed by atoms with Crippen LogP contribution >= 0.6 is 0 Å². The molecule has 0 aliphatic carbocycles. The standard InChI is InChI=1S/C25H22F3N3O3/c1-15-29-11-10-22(30-15)34-13-17-12-31(23-19-4-2-3-5-21(19)33-14-20(17)23)24(32)16-6-8-18(9-7-16)25(26,27)28/h2-11,17,20,23H,12-14H2,1H3/t17-,20-,23-/m0/s1. The maximum absolute atomic E-state index is 13.5. The fourth-order valence-electron chi connectivity index (χ4n) is 4.72. The molecule has 1 amide bonds. The first-order valence-electron chi connectivity index (χ1n) is 10.9. The number of nitrogens with zero attached hydrogens (tertiary/aromatic N) is 3. The van der Waals surface area contributed by atoms with Crippen LogP contribution in [-0.2, 0) is 6.18 Å². The summed E-state index contributed by atoms with van der Waals surface area (Å²) in [5.41, 5.74) is 0.314. The highest BCUT2D eigenvalue weighted by Gasteiger charge is 2.48. The Morgan fingerprint density at radius 1 is 1.15 bits per heavy atom. The van der Waals surface area contributed by atoms with Crippen LogP contribution in [0, 0.1) is 18.8 Å². The zero-order valence-corrected chi connectivity index (χ0v) is 18.3. The number of carbonyl (C=O) groups excluding carboxylic acids is 1. The normalized spacial score (nSPS) is 21.4. The van der Waals surface area contributed by atoms with Gasteiger partial charge in [0.05, 0.1) is 24.8 Å². The molecule has 6 nitrogen and oxygen atoms in total. The first-order chi connectivity index (χ1) is 16.3. The number of hydrogen-bond donors (Lipinski definition) is 0. The number of aryl methyl sites for hydroxylation is 1. The molecule has 0 bridgehead atoms. The maximum Gasteiger partial charge on any atom is 0.416 e. The highest BCUT2D eigenvalue weighted by molar-refractivity contribution is 5.95. The van der Waals surface area contributed by atoms with Gasteiger partial charge in [-0.3, -0.25) is 4.79 Å². The number of aromatic nitrogens is 2. The van der Waals surface area contributed by atoms with Gasteiger partial charge in [0.15, 0.2) is 0 Å². The molecule has 0 unspecified atom stereocenters. The molecule has 2 aromatic carbocycles. The van der Waals surface area contributed by atoms with Gasteiger partial charge in [-0.05, 0) is 37.3 Å². The maximum atomic E-state index is 13.5. The van der Waals surface area contributed by atoms with Crippen molar-refractivity contribution in [1.82, 2.24) is 14.9 Å². The Morgan fingerprint density at radius 2 is 1.91 bits per heavy atom. The van der Waals surface area contributed by atoms with Crippen molar-refractivity contribution in [2.75, 3.05) is 19.8 Å². The summed E-state index contributed by atoms with van der Waals surface area (Å²) in [5.74, 6) is 1.36. The Hall–Kier alpha value is -3.62. The summed E-state index contributed by atoms with van der Waals surface area (Å²) in [7, 11) is 0. The van der Waals surface area contributed by atoms with E-state index in [1.165, 1.54) is 12.1 Å². The van der Waals surface area contributed by atoms with Crippen LogP contribution < -0.4 is 9.47 Å². The summed E-state index contributed by atoms with van der Waals surface area (Å²) < 4.78 is 50.8. The van der Waals surface area contributed by atoms with E-state index in [4.69, 9.17) is 9.47 Å². The largest absolute Gasteiger partial charge is 0.493 e. The minimum atomic E-state index is -4.46. The summed E-state index contributed by atoms with van der Waals surface area (Å²) in [6.45, 7) is 2.89. The van der Waals surface area contributed by atoms with E-state index in [0.717, 1.165) is 17.7 Å². The third-order valence-corrected chi connectivity index (χ3v) is 6.36. The Morgan fingerprint density at radius 3 is 2.65 bits per heavy atom. The average Bonchev–Trinajstić information content (AvgIpc) is 3.21. The van der Waals surface area contributed by atoms with Crippen molar-refractivity contribution in [3.05, 3.63) is 83.3 Å². The van der Waals surface area contributed by atoms with Gasteiger partial charge in [0, 0.05) is 41.8 Å². The van der Waals surface area contributed by atoms with Crippen LogP contribution in [0.3, 0.4) is 0 Å². The minimum Gasteiger partial charge on any atom is -0.493 e. The number of rotatable bonds is 4. The van der Waals surface area contributed by atoms with E-state index in [1.807, 2.05) is 24.3 Å². The Balaban J connectivity index is 1.43. The quantitative estimate of drug-likeness (QED) is 0.554. The highest BCUT2D eigenvalue weighted by atomic mass is 19.4. The molecule has 1 aromatic heterocycles. The number of ether oxygens (including phenoxy) is 2. The zero-order valence-electron chi connectivity index (χ0n) is 18.3. The fraction of sp³-hybridized carbons (Fsp3) is 0.320. The topological polar surface area (TPSA) is 64.5 Å². The van der Waals surface area contributed by atoms with E-state index in [1.54, 1.807) is 24.1 Å². The minimum absolute atomic E-state index is 0.0313. The van der Waals surface area contributed by atoms with Crippen LogP contribution in [0.5, 0.6) is 11.6 Å². The van der Waals surface area contributed by atoms with Crippen LogP contribution in [0.1, 0.15) is 33.4 Å². The van der Waals surface area contributed by atoms with Crippen molar-refractivity contribution >= 4 is 5.91 Å². The molecular formula is C25H22F3N3O3. The van der Waals surface area contributed by atoms with Gasteiger partial charge in [-0.25, -0.2) is 4.98 Å². The lowest BCUT2D eigenvalue weighted by molar-refractivity contribution is -0.137. The van der Waals surface area contributed by atoms with Crippen molar-refractivity contribution < 1.29 is 27.4 Å². The van der Waals surface area contributed by atoms with Crippen molar-refractivity contribution in [2.45, 2.75) is 19.1 Å². The molecular weight excluding hydrogens is 447 g/mol. The third-order valence-electron chi connectivity index (χ3n) is 6.36.